The average molecular weight is 304 g/mol. The molecular weight excluding hydrogens is 282 g/mol. The van der Waals surface area contributed by atoms with Crippen molar-refractivity contribution in [3.8, 4) is 0 Å². The maximum atomic E-state index is 6.29. The van der Waals surface area contributed by atoms with Crippen LogP contribution in [0.5, 0.6) is 0 Å². The lowest BCUT2D eigenvalue weighted by Gasteiger charge is -2.21. The largest absolute Gasteiger partial charge is 0.306 e. The number of aromatic nitrogens is 2. The predicted octanol–water partition coefficient (Wildman–Crippen LogP) is 4.01. The van der Waals surface area contributed by atoms with Crippen LogP contribution in [-0.4, -0.2) is 16.7 Å². The van der Waals surface area contributed by atoms with Crippen LogP contribution in [-0.2, 0) is 6.42 Å². The molecule has 1 unspecified atom stereocenters. The molecule has 2 aromatic rings. The number of nitrogens with one attached hydrogen (secondary N) is 1. The van der Waals surface area contributed by atoms with Crippen LogP contribution in [0.1, 0.15) is 48.0 Å². The maximum Gasteiger partial charge on any atom is 0.0679 e. The van der Waals surface area contributed by atoms with E-state index in [1.165, 1.54) is 5.56 Å². The van der Waals surface area contributed by atoms with Crippen molar-refractivity contribution in [3.63, 3.8) is 0 Å². The van der Waals surface area contributed by atoms with Crippen LogP contribution in [0, 0.1) is 13.8 Å². The highest BCUT2D eigenvalue weighted by Crippen LogP contribution is 2.28. The molecule has 21 heavy (non-hydrogen) atoms. The lowest BCUT2D eigenvalue weighted by Crippen LogP contribution is -2.24. The molecule has 112 valence electrons. The molecule has 0 radical (unpaired) electrons. The molecule has 2 rings (SSSR count). The fraction of sp³-hybridized carbons (Fsp3) is 0.412. The fourth-order valence-corrected chi connectivity index (χ4v) is 2.65. The van der Waals surface area contributed by atoms with Gasteiger partial charge >= 0.3 is 0 Å². The number of hydrogen-bond donors (Lipinski definition) is 1. The molecule has 1 atom stereocenters. The molecule has 0 amide bonds. The number of nitrogens with zero attached hydrogens (tertiary/aromatic N) is 2. The van der Waals surface area contributed by atoms with Gasteiger partial charge < -0.3 is 5.32 Å². The van der Waals surface area contributed by atoms with Gasteiger partial charge in [0.2, 0.25) is 0 Å². The van der Waals surface area contributed by atoms with Gasteiger partial charge in [-0.2, -0.15) is 10.2 Å². The SMILES string of the molecule is CCNC(c1ccc(C)c(Cl)c1)c1cc(C)nnc1CC. The summed E-state index contributed by atoms with van der Waals surface area (Å²) in [5, 5.41) is 12.9. The van der Waals surface area contributed by atoms with E-state index in [1.807, 2.05) is 19.9 Å². The van der Waals surface area contributed by atoms with Crippen LogP contribution in [0.3, 0.4) is 0 Å². The van der Waals surface area contributed by atoms with Crippen LogP contribution in [0.2, 0.25) is 5.02 Å². The van der Waals surface area contributed by atoms with Crippen molar-refractivity contribution in [2.24, 2.45) is 0 Å². The highest BCUT2D eigenvalue weighted by atomic mass is 35.5. The minimum atomic E-state index is 0.0947. The van der Waals surface area contributed by atoms with Crippen molar-refractivity contribution in [1.82, 2.24) is 15.5 Å². The fourth-order valence-electron chi connectivity index (χ4n) is 2.46. The van der Waals surface area contributed by atoms with E-state index in [0.717, 1.165) is 40.5 Å². The highest BCUT2D eigenvalue weighted by Gasteiger charge is 2.18. The Labute approximate surface area is 131 Å². The van der Waals surface area contributed by atoms with Gasteiger partial charge in [0.05, 0.1) is 17.4 Å². The van der Waals surface area contributed by atoms with Gasteiger partial charge in [-0.15, -0.1) is 0 Å². The quantitative estimate of drug-likeness (QED) is 0.907. The third-order valence-corrected chi connectivity index (χ3v) is 4.02. The minimum absolute atomic E-state index is 0.0947. The van der Waals surface area contributed by atoms with Gasteiger partial charge in [-0.1, -0.05) is 37.6 Å². The van der Waals surface area contributed by atoms with Gasteiger partial charge in [0.15, 0.2) is 0 Å². The van der Waals surface area contributed by atoms with Crippen LogP contribution in [0.4, 0.5) is 0 Å². The molecule has 0 spiro atoms. The van der Waals surface area contributed by atoms with Crippen LogP contribution in [0.15, 0.2) is 24.3 Å². The zero-order valence-corrected chi connectivity index (χ0v) is 13.8. The van der Waals surface area contributed by atoms with Crippen LogP contribution >= 0.6 is 11.6 Å². The van der Waals surface area contributed by atoms with Crippen molar-refractivity contribution in [1.29, 1.82) is 0 Å². The van der Waals surface area contributed by atoms with Gasteiger partial charge in [-0.05, 0) is 55.6 Å². The minimum Gasteiger partial charge on any atom is -0.306 e. The Morgan fingerprint density at radius 3 is 2.52 bits per heavy atom. The van der Waals surface area contributed by atoms with Gasteiger partial charge in [-0.25, -0.2) is 0 Å². The summed E-state index contributed by atoms with van der Waals surface area (Å²) in [4.78, 5) is 0. The number of hydrogen-bond acceptors (Lipinski definition) is 3. The summed E-state index contributed by atoms with van der Waals surface area (Å²) in [6.45, 7) is 9.08. The molecule has 0 bridgehead atoms. The Hall–Kier alpha value is -1.45. The van der Waals surface area contributed by atoms with E-state index in [9.17, 15) is 0 Å². The standard InChI is InChI=1S/C17H22ClN3/c1-5-16-14(9-12(4)20-21-16)17(19-6-2)13-8-7-11(3)15(18)10-13/h7-10,17,19H,5-6H2,1-4H3. The topological polar surface area (TPSA) is 37.8 Å². The van der Waals surface area contributed by atoms with Crippen LogP contribution < -0.4 is 5.32 Å². The second kappa shape index (κ2) is 7.01. The van der Waals surface area contributed by atoms with Gasteiger partial charge in [-0.3, -0.25) is 0 Å². The molecule has 0 aliphatic carbocycles. The molecule has 1 N–H and O–H groups in total. The molecule has 1 heterocycles. The summed E-state index contributed by atoms with van der Waals surface area (Å²) < 4.78 is 0. The van der Waals surface area contributed by atoms with E-state index in [1.54, 1.807) is 0 Å². The molecule has 4 heteroatoms. The van der Waals surface area contributed by atoms with Gasteiger partial charge in [0, 0.05) is 5.02 Å². The molecule has 1 aromatic carbocycles. The van der Waals surface area contributed by atoms with Crippen molar-refractivity contribution in [2.75, 3.05) is 6.54 Å². The summed E-state index contributed by atoms with van der Waals surface area (Å²) in [7, 11) is 0. The van der Waals surface area contributed by atoms with E-state index < -0.39 is 0 Å². The molecule has 3 nitrogen and oxygen atoms in total. The molecule has 1 aromatic heterocycles. The third-order valence-electron chi connectivity index (χ3n) is 3.61. The third kappa shape index (κ3) is 3.60. The molecule has 0 aliphatic heterocycles. The Morgan fingerprint density at radius 1 is 1.14 bits per heavy atom. The molecule has 0 fully saturated rings. The van der Waals surface area contributed by atoms with E-state index in [2.05, 4.69) is 47.6 Å². The highest BCUT2D eigenvalue weighted by molar-refractivity contribution is 6.31. The zero-order valence-electron chi connectivity index (χ0n) is 13.1. The van der Waals surface area contributed by atoms with E-state index >= 15 is 0 Å². The molecule has 0 aliphatic rings. The van der Waals surface area contributed by atoms with Gasteiger partial charge in [0.25, 0.3) is 0 Å². The van der Waals surface area contributed by atoms with Crippen molar-refractivity contribution >= 4 is 11.6 Å². The van der Waals surface area contributed by atoms with Crippen LogP contribution in [0.25, 0.3) is 0 Å². The zero-order chi connectivity index (χ0) is 15.4. The lowest BCUT2D eigenvalue weighted by molar-refractivity contribution is 0.616. The monoisotopic (exact) mass is 303 g/mol. The molecule has 0 saturated heterocycles. The Bertz CT molecular complexity index is 625. The normalized spacial score (nSPS) is 12.4. The first-order valence-electron chi connectivity index (χ1n) is 7.39. The summed E-state index contributed by atoms with van der Waals surface area (Å²) >= 11 is 6.29. The maximum absolute atomic E-state index is 6.29. The summed E-state index contributed by atoms with van der Waals surface area (Å²) in [6.07, 6.45) is 0.865. The van der Waals surface area contributed by atoms with E-state index in [0.29, 0.717) is 0 Å². The average Bonchev–Trinajstić information content (AvgIpc) is 2.48. The summed E-state index contributed by atoms with van der Waals surface area (Å²) in [5.74, 6) is 0. The number of benzene rings is 1. The molecule has 0 saturated carbocycles. The first kappa shape index (κ1) is 15.9. The Kier molecular flexibility index (Phi) is 5.32. The molecular formula is C17H22ClN3. The van der Waals surface area contributed by atoms with Crippen molar-refractivity contribution < 1.29 is 0 Å². The number of aryl methyl sites for hydroxylation is 3. The lowest BCUT2D eigenvalue weighted by atomic mass is 9.95. The summed E-state index contributed by atoms with van der Waals surface area (Å²) in [5.41, 5.74) is 5.41. The smallest absolute Gasteiger partial charge is 0.0679 e. The predicted molar refractivity (Wildman–Crippen MR) is 87.9 cm³/mol. The summed E-state index contributed by atoms with van der Waals surface area (Å²) in [6, 6.07) is 8.45. The van der Waals surface area contributed by atoms with Gasteiger partial charge in [0.1, 0.15) is 0 Å². The Morgan fingerprint density at radius 2 is 1.90 bits per heavy atom. The first-order valence-corrected chi connectivity index (χ1v) is 7.77. The second-order valence-corrected chi connectivity index (χ2v) is 5.65. The number of rotatable bonds is 5. The number of halogens is 1. The second-order valence-electron chi connectivity index (χ2n) is 5.24. The van der Waals surface area contributed by atoms with Crippen molar-refractivity contribution in [2.45, 2.75) is 40.2 Å². The van der Waals surface area contributed by atoms with Crippen molar-refractivity contribution in [3.05, 3.63) is 57.4 Å². The van der Waals surface area contributed by atoms with E-state index in [-0.39, 0.29) is 6.04 Å². The Balaban J connectivity index is 2.52. The first-order chi connectivity index (χ1) is 10.1. The van der Waals surface area contributed by atoms with E-state index in [4.69, 9.17) is 11.6 Å².